The summed E-state index contributed by atoms with van der Waals surface area (Å²) in [4.78, 5) is 32.9. The van der Waals surface area contributed by atoms with E-state index in [9.17, 15) is 9.59 Å². The molecule has 0 fully saturated rings. The molecule has 1 aliphatic rings. The van der Waals surface area contributed by atoms with Gasteiger partial charge in [-0.25, -0.2) is 4.68 Å². The van der Waals surface area contributed by atoms with Gasteiger partial charge in [0.2, 0.25) is 11.8 Å². The van der Waals surface area contributed by atoms with Crippen molar-refractivity contribution in [1.82, 2.24) is 20.1 Å². The lowest BCUT2D eigenvalue weighted by atomic mass is 9.98. The van der Waals surface area contributed by atoms with Crippen LogP contribution in [0.25, 0.3) is 16.9 Å². The third-order valence-corrected chi connectivity index (χ3v) is 8.56. The summed E-state index contributed by atoms with van der Waals surface area (Å²) in [6.07, 6.45) is 3.39. The molecule has 3 heterocycles. The smallest absolute Gasteiger partial charge is 0.240 e. The maximum Gasteiger partial charge on any atom is 0.240 e. The Kier molecular flexibility index (Phi) is 7.88. The summed E-state index contributed by atoms with van der Waals surface area (Å²) in [5.41, 5.74) is 7.79. The van der Waals surface area contributed by atoms with E-state index in [4.69, 9.17) is 5.10 Å². The maximum absolute atomic E-state index is 13.9. The van der Waals surface area contributed by atoms with E-state index >= 15 is 0 Å². The molecule has 2 amide bonds. The number of aryl methyl sites for hydroxylation is 2. The normalized spacial score (nSPS) is 14.8. The van der Waals surface area contributed by atoms with Crippen molar-refractivity contribution < 1.29 is 9.59 Å². The van der Waals surface area contributed by atoms with Gasteiger partial charge < -0.3 is 5.32 Å². The van der Waals surface area contributed by atoms with Crippen LogP contribution in [-0.2, 0) is 16.1 Å². The number of carbonyl (C=O) groups excluding carboxylic acids is 2. The fraction of sp³-hybridized carbons (Fsp3) is 0.176. The summed E-state index contributed by atoms with van der Waals surface area (Å²) in [6.45, 7) is 4.34. The number of hydrogen-bond donors (Lipinski definition) is 1. The highest BCUT2D eigenvalue weighted by atomic mass is 32.2. The number of rotatable bonds is 7. The van der Waals surface area contributed by atoms with Crippen molar-refractivity contribution in [2.45, 2.75) is 25.6 Å². The molecule has 0 saturated carbocycles. The average Bonchev–Trinajstić information content (AvgIpc) is 3.33. The molecule has 1 aliphatic heterocycles. The van der Waals surface area contributed by atoms with Gasteiger partial charge in [0.1, 0.15) is 12.4 Å². The summed E-state index contributed by atoms with van der Waals surface area (Å²) in [5.74, 6) is 0.470. The summed E-state index contributed by atoms with van der Waals surface area (Å²) in [7, 11) is 0. The Morgan fingerprint density at radius 2 is 1.69 bits per heavy atom. The Balaban J connectivity index is 1.52. The molecular weight excluding hydrogens is 542 g/mol. The van der Waals surface area contributed by atoms with Crippen LogP contribution in [0.1, 0.15) is 33.1 Å². The van der Waals surface area contributed by atoms with Gasteiger partial charge >= 0.3 is 0 Å². The molecule has 6 rings (SSSR count). The second-order valence-corrected chi connectivity index (χ2v) is 11.5. The van der Waals surface area contributed by atoms with Crippen molar-refractivity contribution in [3.8, 4) is 16.9 Å². The van der Waals surface area contributed by atoms with E-state index in [0.717, 1.165) is 44.8 Å². The first-order valence-corrected chi connectivity index (χ1v) is 14.9. The first kappa shape index (κ1) is 27.5. The van der Waals surface area contributed by atoms with Crippen molar-refractivity contribution in [2.24, 2.45) is 0 Å². The molecule has 2 aromatic heterocycles. The van der Waals surface area contributed by atoms with Crippen LogP contribution >= 0.6 is 11.8 Å². The Labute approximate surface area is 249 Å². The number of amides is 2. The largest absolute Gasteiger partial charge is 0.350 e. The van der Waals surface area contributed by atoms with Gasteiger partial charge in [0.05, 0.1) is 22.4 Å². The third-order valence-electron chi connectivity index (χ3n) is 7.30. The molecule has 0 radical (unpaired) electrons. The van der Waals surface area contributed by atoms with E-state index in [0.29, 0.717) is 12.4 Å². The average molecular weight is 574 g/mol. The van der Waals surface area contributed by atoms with Crippen LogP contribution in [-0.4, -0.2) is 38.9 Å². The minimum atomic E-state index is -0.247. The summed E-state index contributed by atoms with van der Waals surface area (Å²) < 4.78 is 1.83. The van der Waals surface area contributed by atoms with Gasteiger partial charge in [-0.3, -0.25) is 19.5 Å². The zero-order valence-corrected chi connectivity index (χ0v) is 24.3. The summed E-state index contributed by atoms with van der Waals surface area (Å²) >= 11 is 1.57. The lowest BCUT2D eigenvalue weighted by molar-refractivity contribution is -0.123. The Morgan fingerprint density at radius 3 is 2.43 bits per heavy atom. The van der Waals surface area contributed by atoms with E-state index in [1.807, 2.05) is 78.3 Å². The van der Waals surface area contributed by atoms with E-state index in [1.54, 1.807) is 29.1 Å². The molecule has 5 aromatic rings. The fourth-order valence-corrected chi connectivity index (χ4v) is 6.38. The zero-order valence-electron chi connectivity index (χ0n) is 23.5. The van der Waals surface area contributed by atoms with E-state index in [2.05, 4.69) is 41.5 Å². The number of carbonyl (C=O) groups is 2. The quantitative estimate of drug-likeness (QED) is 0.257. The predicted octanol–water partition coefficient (Wildman–Crippen LogP) is 6.04. The number of fused-ring (bicyclic) bond motifs is 1. The lowest BCUT2D eigenvalue weighted by Crippen LogP contribution is -2.42. The second-order valence-electron chi connectivity index (χ2n) is 10.4. The number of benzene rings is 3. The van der Waals surface area contributed by atoms with Crippen LogP contribution in [0.3, 0.4) is 0 Å². The first-order valence-electron chi connectivity index (χ1n) is 13.9. The van der Waals surface area contributed by atoms with Gasteiger partial charge in [-0.1, -0.05) is 77.9 Å². The molecule has 0 spiro atoms. The number of aromatic nitrogens is 3. The molecule has 0 bridgehead atoms. The van der Waals surface area contributed by atoms with Crippen LogP contribution in [0.4, 0.5) is 5.82 Å². The Morgan fingerprint density at radius 1 is 0.929 bits per heavy atom. The number of nitrogens with one attached hydrogen (secondary N) is 1. The molecule has 7 nitrogen and oxygen atoms in total. The number of thioether (sulfide) groups is 1. The van der Waals surface area contributed by atoms with Gasteiger partial charge in [0, 0.05) is 30.1 Å². The van der Waals surface area contributed by atoms with Gasteiger partial charge in [-0.2, -0.15) is 5.10 Å². The Hall–Kier alpha value is -4.69. The van der Waals surface area contributed by atoms with Gasteiger partial charge in [0.25, 0.3) is 0 Å². The molecule has 210 valence electrons. The standard InChI is InChI=1S/C34H31N5O2S/c1-23-11-13-28(14-12-23)39-34-31(32(37-39)26-8-4-3-5-9-26)33(27-10-6-7-24(2)19-27)42-22-30(41)38(34)21-29(40)36-20-25-15-17-35-18-16-25/h3-19,33H,20-22H2,1-2H3,(H,36,40). The highest BCUT2D eigenvalue weighted by Crippen LogP contribution is 2.48. The Bertz CT molecular complexity index is 1720. The highest BCUT2D eigenvalue weighted by Gasteiger charge is 2.37. The third kappa shape index (κ3) is 5.71. The highest BCUT2D eigenvalue weighted by molar-refractivity contribution is 8.00. The summed E-state index contributed by atoms with van der Waals surface area (Å²) in [6, 6.07) is 30.2. The van der Waals surface area contributed by atoms with Crippen molar-refractivity contribution in [3.05, 3.63) is 131 Å². The molecule has 3 aromatic carbocycles. The SMILES string of the molecule is Cc1ccc(-n2nc(-c3ccccc3)c3c2N(CC(=O)NCc2ccncc2)C(=O)CSC3c2cccc(C)c2)cc1. The molecule has 1 unspecified atom stereocenters. The van der Waals surface area contributed by atoms with E-state index < -0.39 is 0 Å². The van der Waals surface area contributed by atoms with Gasteiger partial charge in [0.15, 0.2) is 0 Å². The van der Waals surface area contributed by atoms with Crippen LogP contribution in [0.5, 0.6) is 0 Å². The van der Waals surface area contributed by atoms with Crippen LogP contribution < -0.4 is 10.2 Å². The van der Waals surface area contributed by atoms with Crippen molar-refractivity contribution in [2.75, 3.05) is 17.2 Å². The number of pyridine rings is 1. The predicted molar refractivity (Wildman–Crippen MR) is 168 cm³/mol. The van der Waals surface area contributed by atoms with E-state index in [1.165, 1.54) is 0 Å². The minimum Gasteiger partial charge on any atom is -0.350 e. The molecule has 42 heavy (non-hydrogen) atoms. The maximum atomic E-state index is 13.9. The molecule has 8 heteroatoms. The molecule has 1 N–H and O–H groups in total. The zero-order chi connectivity index (χ0) is 29.1. The van der Waals surface area contributed by atoms with E-state index in [-0.39, 0.29) is 29.4 Å². The van der Waals surface area contributed by atoms with Crippen LogP contribution in [0.15, 0.2) is 103 Å². The summed E-state index contributed by atoms with van der Waals surface area (Å²) in [5, 5.41) is 7.97. The van der Waals surface area contributed by atoms with Crippen molar-refractivity contribution >= 4 is 29.4 Å². The molecule has 0 saturated heterocycles. The molecular formula is C34H31N5O2S. The first-order chi connectivity index (χ1) is 20.5. The van der Waals surface area contributed by atoms with Gasteiger partial charge in [-0.15, -0.1) is 11.8 Å². The molecule has 0 aliphatic carbocycles. The lowest BCUT2D eigenvalue weighted by Gasteiger charge is -2.23. The molecule has 1 atom stereocenters. The van der Waals surface area contributed by atoms with Crippen molar-refractivity contribution in [3.63, 3.8) is 0 Å². The van der Waals surface area contributed by atoms with Crippen molar-refractivity contribution in [1.29, 1.82) is 0 Å². The minimum absolute atomic E-state index is 0.121. The topological polar surface area (TPSA) is 80.1 Å². The monoisotopic (exact) mass is 573 g/mol. The van der Waals surface area contributed by atoms with Crippen LogP contribution in [0.2, 0.25) is 0 Å². The fourth-order valence-electron chi connectivity index (χ4n) is 5.19. The van der Waals surface area contributed by atoms with Crippen LogP contribution in [0, 0.1) is 13.8 Å². The second kappa shape index (κ2) is 12.0. The number of anilines is 1. The number of hydrogen-bond acceptors (Lipinski definition) is 5. The number of nitrogens with zero attached hydrogens (tertiary/aromatic N) is 4. The van der Waals surface area contributed by atoms with Gasteiger partial charge in [-0.05, 0) is 49.2 Å².